The molecule has 0 radical (unpaired) electrons. The Morgan fingerprint density at radius 2 is 1.50 bits per heavy atom. The minimum absolute atomic E-state index is 0.120. The molecule has 1 heterocycles. The molecule has 0 unspecified atom stereocenters. The lowest BCUT2D eigenvalue weighted by molar-refractivity contribution is -0.385. The second-order valence-corrected chi connectivity index (χ2v) is 8.92. The molecule has 0 aliphatic carbocycles. The predicted molar refractivity (Wildman–Crippen MR) is 120 cm³/mol. The van der Waals surface area contributed by atoms with E-state index in [9.17, 15) is 33.4 Å². The molecule has 3 aromatic carbocycles. The summed E-state index contributed by atoms with van der Waals surface area (Å²) < 4.78 is 32.8. The summed E-state index contributed by atoms with van der Waals surface area (Å²) in [7, 11) is -4.23. The fourth-order valence-corrected chi connectivity index (χ4v) is 4.73. The van der Waals surface area contributed by atoms with E-state index in [1.165, 1.54) is 18.3 Å². The van der Waals surface area contributed by atoms with Crippen LogP contribution in [0.25, 0.3) is 10.9 Å². The van der Waals surface area contributed by atoms with Crippen LogP contribution in [0.15, 0.2) is 83.9 Å². The number of benzene rings is 3. The molecule has 34 heavy (non-hydrogen) atoms. The molecule has 11 nitrogen and oxygen atoms in total. The first-order chi connectivity index (χ1) is 16.2. The Balaban J connectivity index is 1.77. The van der Waals surface area contributed by atoms with Crippen molar-refractivity contribution >= 4 is 38.3 Å². The molecule has 0 fully saturated rings. The molecular formula is C22H15N3O8S. The van der Waals surface area contributed by atoms with E-state index in [0.717, 1.165) is 34.3 Å². The quantitative estimate of drug-likeness (QED) is 0.218. The molecule has 0 N–H and O–H groups in total. The number of fused-ring (bicyclic) bond motifs is 1. The third-order valence-corrected chi connectivity index (χ3v) is 6.71. The first kappa shape index (κ1) is 22.6. The topological polar surface area (TPSA) is 152 Å². The molecule has 4 rings (SSSR count). The van der Waals surface area contributed by atoms with E-state index in [1.54, 1.807) is 30.3 Å². The lowest BCUT2D eigenvalue weighted by Gasteiger charge is -2.07. The van der Waals surface area contributed by atoms with Crippen molar-refractivity contribution in [2.75, 3.05) is 0 Å². The van der Waals surface area contributed by atoms with E-state index in [-0.39, 0.29) is 44.9 Å². The Labute approximate surface area is 192 Å². The summed E-state index contributed by atoms with van der Waals surface area (Å²) in [5.74, 6) is -0.648. The molecule has 0 aliphatic rings. The van der Waals surface area contributed by atoms with Gasteiger partial charge in [-0.15, -0.1) is 0 Å². The molecule has 12 heteroatoms. The van der Waals surface area contributed by atoms with Gasteiger partial charge in [0.1, 0.15) is 6.61 Å². The lowest BCUT2D eigenvalue weighted by atomic mass is 10.1. The number of ether oxygens (including phenoxy) is 1. The van der Waals surface area contributed by atoms with Gasteiger partial charge in [0.05, 0.1) is 25.8 Å². The monoisotopic (exact) mass is 481 g/mol. The van der Waals surface area contributed by atoms with Crippen LogP contribution in [-0.2, 0) is 21.4 Å². The second kappa shape index (κ2) is 8.75. The fourth-order valence-electron chi connectivity index (χ4n) is 3.34. The molecule has 0 saturated heterocycles. The van der Waals surface area contributed by atoms with Gasteiger partial charge in [0.25, 0.3) is 21.4 Å². The van der Waals surface area contributed by atoms with Gasteiger partial charge < -0.3 is 4.74 Å². The first-order valence-electron chi connectivity index (χ1n) is 9.69. The minimum atomic E-state index is -4.23. The Morgan fingerprint density at radius 3 is 2.12 bits per heavy atom. The third kappa shape index (κ3) is 4.21. The molecule has 0 aliphatic heterocycles. The van der Waals surface area contributed by atoms with E-state index in [0.29, 0.717) is 0 Å². The smallest absolute Gasteiger partial charge is 0.338 e. The summed E-state index contributed by atoms with van der Waals surface area (Å²) in [5.41, 5.74) is 0.0907. The zero-order chi connectivity index (χ0) is 24.5. The number of hydrogen-bond donors (Lipinski definition) is 0. The van der Waals surface area contributed by atoms with Crippen LogP contribution in [0, 0.1) is 20.2 Å². The van der Waals surface area contributed by atoms with Gasteiger partial charge in [0.2, 0.25) is 0 Å². The van der Waals surface area contributed by atoms with Gasteiger partial charge in [-0.3, -0.25) is 20.2 Å². The van der Waals surface area contributed by atoms with E-state index in [1.807, 2.05) is 0 Å². The van der Waals surface area contributed by atoms with Crippen LogP contribution in [0.3, 0.4) is 0 Å². The molecule has 1 aromatic heterocycles. The van der Waals surface area contributed by atoms with E-state index < -0.39 is 25.8 Å². The number of aromatic nitrogens is 1. The summed E-state index contributed by atoms with van der Waals surface area (Å²) >= 11 is 0. The number of hydrogen-bond acceptors (Lipinski definition) is 8. The van der Waals surface area contributed by atoms with Gasteiger partial charge in [0.15, 0.2) is 0 Å². The maximum atomic E-state index is 13.3. The third-order valence-electron chi connectivity index (χ3n) is 5.02. The molecule has 0 amide bonds. The summed E-state index contributed by atoms with van der Waals surface area (Å²) in [5, 5.41) is 22.3. The number of non-ortho nitro benzene ring substituents is 2. The molecule has 4 aromatic rings. The Kier molecular flexibility index (Phi) is 5.82. The standard InChI is InChI=1S/C22H15N3O8S/c26-22(15-4-2-1-3-5-15)33-14-16-13-23(21-11-8-18(25(29)30)12-20(16)21)34(31,32)19-9-6-17(7-10-19)24(27)28/h1-13H,14H2. The zero-order valence-electron chi connectivity index (χ0n) is 17.2. The van der Waals surface area contributed by atoms with Crippen molar-refractivity contribution in [2.45, 2.75) is 11.5 Å². The van der Waals surface area contributed by atoms with Gasteiger partial charge in [0, 0.05) is 41.4 Å². The van der Waals surface area contributed by atoms with Gasteiger partial charge >= 0.3 is 5.97 Å². The van der Waals surface area contributed by atoms with Crippen LogP contribution in [0.4, 0.5) is 11.4 Å². The van der Waals surface area contributed by atoms with E-state index in [4.69, 9.17) is 4.74 Å². The number of nitrogens with zero attached hydrogens (tertiary/aromatic N) is 3. The highest BCUT2D eigenvalue weighted by molar-refractivity contribution is 7.90. The van der Waals surface area contributed by atoms with Crippen molar-refractivity contribution in [3.05, 3.63) is 110 Å². The van der Waals surface area contributed by atoms with E-state index >= 15 is 0 Å². The number of rotatable bonds is 7. The molecule has 0 bridgehead atoms. The number of esters is 1. The summed E-state index contributed by atoms with van der Waals surface area (Å²) in [4.78, 5) is 33.0. The molecule has 0 atom stereocenters. The second-order valence-electron chi connectivity index (χ2n) is 7.11. The van der Waals surface area contributed by atoms with Gasteiger partial charge in [-0.1, -0.05) is 18.2 Å². The van der Waals surface area contributed by atoms with Crippen molar-refractivity contribution in [3.8, 4) is 0 Å². The highest BCUT2D eigenvalue weighted by atomic mass is 32.2. The van der Waals surface area contributed by atoms with Crippen molar-refractivity contribution in [3.63, 3.8) is 0 Å². The molecule has 172 valence electrons. The largest absolute Gasteiger partial charge is 0.457 e. The van der Waals surface area contributed by atoms with Crippen LogP contribution in [0.1, 0.15) is 15.9 Å². The average molecular weight is 481 g/mol. The average Bonchev–Trinajstić information content (AvgIpc) is 3.21. The van der Waals surface area contributed by atoms with Gasteiger partial charge in [-0.05, 0) is 30.3 Å². The SMILES string of the molecule is O=C(OCc1cn(S(=O)(=O)c2ccc([N+](=O)[O-])cc2)c2ccc([N+](=O)[O-])cc12)c1ccccc1. The molecular weight excluding hydrogens is 466 g/mol. The lowest BCUT2D eigenvalue weighted by Crippen LogP contribution is -2.12. The fraction of sp³-hybridized carbons (Fsp3) is 0.0455. The molecule has 0 saturated carbocycles. The van der Waals surface area contributed by atoms with Gasteiger partial charge in [-0.2, -0.15) is 0 Å². The number of nitro benzene ring substituents is 2. The maximum Gasteiger partial charge on any atom is 0.338 e. The van der Waals surface area contributed by atoms with Crippen molar-refractivity contribution < 1.29 is 27.8 Å². The summed E-state index contributed by atoms with van der Waals surface area (Å²) in [6, 6.07) is 16.1. The van der Waals surface area contributed by atoms with Crippen LogP contribution in [0.2, 0.25) is 0 Å². The Morgan fingerprint density at radius 1 is 0.882 bits per heavy atom. The number of carbonyl (C=O) groups is 1. The Bertz CT molecular complexity index is 1530. The highest BCUT2D eigenvalue weighted by Gasteiger charge is 2.24. The summed E-state index contributed by atoms with van der Waals surface area (Å²) in [6.45, 7) is -0.339. The first-order valence-corrected chi connectivity index (χ1v) is 11.1. The van der Waals surface area contributed by atoms with Crippen LogP contribution in [0.5, 0.6) is 0 Å². The van der Waals surface area contributed by atoms with Crippen LogP contribution >= 0.6 is 0 Å². The van der Waals surface area contributed by atoms with Gasteiger partial charge in [-0.25, -0.2) is 17.2 Å². The van der Waals surface area contributed by atoms with Crippen molar-refractivity contribution in [2.24, 2.45) is 0 Å². The zero-order valence-corrected chi connectivity index (χ0v) is 18.0. The van der Waals surface area contributed by atoms with Crippen LogP contribution < -0.4 is 0 Å². The minimum Gasteiger partial charge on any atom is -0.457 e. The Hall–Kier alpha value is -4.58. The normalized spacial score (nSPS) is 11.3. The molecule has 0 spiro atoms. The highest BCUT2D eigenvalue weighted by Crippen LogP contribution is 2.30. The van der Waals surface area contributed by atoms with E-state index in [2.05, 4.69) is 0 Å². The van der Waals surface area contributed by atoms with Crippen LogP contribution in [-0.4, -0.2) is 28.2 Å². The maximum absolute atomic E-state index is 13.3. The van der Waals surface area contributed by atoms with Crippen molar-refractivity contribution in [1.29, 1.82) is 0 Å². The van der Waals surface area contributed by atoms with Crippen molar-refractivity contribution in [1.82, 2.24) is 3.97 Å². The number of nitro groups is 2. The summed E-state index contributed by atoms with van der Waals surface area (Å²) in [6.07, 6.45) is 1.21. The number of carbonyl (C=O) groups excluding carboxylic acids is 1. The predicted octanol–water partition coefficient (Wildman–Crippen LogP) is 4.05.